The summed E-state index contributed by atoms with van der Waals surface area (Å²) in [4.78, 5) is 14.2. The van der Waals surface area contributed by atoms with Crippen LogP contribution >= 0.6 is 11.6 Å². The number of halogens is 1. The summed E-state index contributed by atoms with van der Waals surface area (Å²) < 4.78 is 1.29. The molecule has 0 amide bonds. The Bertz CT molecular complexity index is 672. The van der Waals surface area contributed by atoms with E-state index in [0.717, 1.165) is 0 Å². The van der Waals surface area contributed by atoms with Crippen molar-refractivity contribution in [2.45, 2.75) is 6.92 Å². The minimum atomic E-state index is -1.16. The molecule has 18 heavy (non-hydrogen) atoms. The van der Waals surface area contributed by atoms with Crippen LogP contribution in [-0.4, -0.2) is 26.1 Å². The molecule has 2 aromatic rings. The van der Waals surface area contributed by atoms with Crippen LogP contribution in [-0.2, 0) is 0 Å². The van der Waals surface area contributed by atoms with Crippen LogP contribution in [0.1, 0.15) is 16.2 Å². The van der Waals surface area contributed by atoms with Crippen molar-refractivity contribution in [2.24, 2.45) is 0 Å². The van der Waals surface area contributed by atoms with Gasteiger partial charge in [-0.05, 0) is 13.0 Å². The molecule has 0 saturated carbocycles. The molecule has 0 spiro atoms. The number of hydrogen-bond donors (Lipinski definition) is 1. The van der Waals surface area contributed by atoms with Gasteiger partial charge in [0.2, 0.25) is 5.69 Å². The molecular formula is C11H7ClN4O2. The molecule has 0 atom stereocenters. The number of carboxylic acid groups (broad SMARTS) is 1. The van der Waals surface area contributed by atoms with Crippen molar-refractivity contribution in [2.75, 3.05) is 0 Å². The summed E-state index contributed by atoms with van der Waals surface area (Å²) in [6.07, 6.45) is 0. The molecule has 1 heterocycles. The van der Waals surface area contributed by atoms with Crippen LogP contribution in [0.25, 0.3) is 10.5 Å². The molecule has 0 aliphatic heterocycles. The van der Waals surface area contributed by atoms with Crippen molar-refractivity contribution in [3.8, 4) is 5.69 Å². The highest BCUT2D eigenvalue weighted by molar-refractivity contribution is 6.30. The number of carboxylic acids is 1. The minimum absolute atomic E-state index is 0.147. The number of aromatic carboxylic acids is 1. The molecule has 0 aliphatic carbocycles. The summed E-state index contributed by atoms with van der Waals surface area (Å²) in [6.45, 7) is 8.64. The summed E-state index contributed by atoms with van der Waals surface area (Å²) in [7, 11) is 0. The van der Waals surface area contributed by atoms with Gasteiger partial charge in [-0.15, -0.1) is 5.10 Å². The summed E-state index contributed by atoms with van der Waals surface area (Å²) in [5, 5.41) is 16.6. The van der Waals surface area contributed by atoms with Crippen molar-refractivity contribution in [1.29, 1.82) is 0 Å². The van der Waals surface area contributed by atoms with E-state index in [-0.39, 0.29) is 5.69 Å². The van der Waals surface area contributed by atoms with Gasteiger partial charge in [-0.3, -0.25) is 0 Å². The van der Waals surface area contributed by atoms with Gasteiger partial charge in [0.15, 0.2) is 5.69 Å². The predicted octanol–water partition coefficient (Wildman–Crippen LogP) is 2.48. The van der Waals surface area contributed by atoms with Gasteiger partial charge in [0.25, 0.3) is 0 Å². The first-order valence-electron chi connectivity index (χ1n) is 4.87. The van der Waals surface area contributed by atoms with Crippen molar-refractivity contribution in [1.82, 2.24) is 15.0 Å². The van der Waals surface area contributed by atoms with E-state index in [2.05, 4.69) is 15.2 Å². The van der Waals surface area contributed by atoms with Crippen LogP contribution in [0.2, 0.25) is 5.02 Å². The maximum absolute atomic E-state index is 10.9. The maximum Gasteiger partial charge on any atom is 0.358 e. The topological polar surface area (TPSA) is 72.4 Å². The summed E-state index contributed by atoms with van der Waals surface area (Å²) in [5.41, 5.74) is 0.930. The highest BCUT2D eigenvalue weighted by Crippen LogP contribution is 2.27. The average Bonchev–Trinajstić information content (AvgIpc) is 2.71. The van der Waals surface area contributed by atoms with Crippen molar-refractivity contribution >= 4 is 23.3 Å². The van der Waals surface area contributed by atoms with E-state index in [1.807, 2.05) is 0 Å². The second-order valence-electron chi connectivity index (χ2n) is 3.49. The lowest BCUT2D eigenvalue weighted by atomic mass is 10.2. The molecule has 0 aliphatic rings. The lowest BCUT2D eigenvalue weighted by molar-refractivity contribution is 0.0689. The number of benzene rings is 1. The number of hydrogen-bond acceptors (Lipinski definition) is 3. The van der Waals surface area contributed by atoms with Gasteiger partial charge in [0.1, 0.15) is 0 Å². The van der Waals surface area contributed by atoms with Crippen LogP contribution < -0.4 is 0 Å². The Morgan fingerprint density at radius 1 is 1.56 bits per heavy atom. The lowest BCUT2D eigenvalue weighted by Crippen LogP contribution is -2.02. The Kier molecular flexibility index (Phi) is 3.00. The zero-order chi connectivity index (χ0) is 13.3. The molecule has 1 N–H and O–H groups in total. The average molecular weight is 263 g/mol. The smallest absolute Gasteiger partial charge is 0.358 e. The van der Waals surface area contributed by atoms with Crippen LogP contribution in [0.5, 0.6) is 0 Å². The van der Waals surface area contributed by atoms with Gasteiger partial charge in [-0.1, -0.05) is 28.9 Å². The number of aromatic nitrogens is 3. The zero-order valence-electron chi connectivity index (χ0n) is 9.25. The first kappa shape index (κ1) is 12.1. The fourth-order valence-corrected chi connectivity index (χ4v) is 1.68. The van der Waals surface area contributed by atoms with Gasteiger partial charge in [0, 0.05) is 5.02 Å². The van der Waals surface area contributed by atoms with E-state index >= 15 is 0 Å². The van der Waals surface area contributed by atoms with Crippen molar-refractivity contribution in [3.63, 3.8) is 0 Å². The summed E-state index contributed by atoms with van der Waals surface area (Å²) in [6, 6.07) is 4.68. The molecule has 0 radical (unpaired) electrons. The second-order valence-corrected chi connectivity index (χ2v) is 3.92. The molecule has 2 rings (SSSR count). The molecule has 1 aromatic heterocycles. The van der Waals surface area contributed by atoms with Crippen molar-refractivity contribution in [3.05, 3.63) is 46.0 Å². The Morgan fingerprint density at radius 2 is 2.28 bits per heavy atom. The molecule has 90 valence electrons. The van der Waals surface area contributed by atoms with Crippen LogP contribution in [0, 0.1) is 13.5 Å². The Hall–Kier alpha value is -2.39. The van der Waals surface area contributed by atoms with E-state index in [9.17, 15) is 4.79 Å². The zero-order valence-corrected chi connectivity index (χ0v) is 10.0. The molecule has 0 saturated heterocycles. The molecular weight excluding hydrogens is 256 g/mol. The SMILES string of the molecule is [C-]#[N+]c1ccc(Cl)cc1-n1nnc(C(=O)O)c1C. The third kappa shape index (κ3) is 1.92. The van der Waals surface area contributed by atoms with Gasteiger partial charge >= 0.3 is 5.97 Å². The molecule has 0 fully saturated rings. The number of rotatable bonds is 2. The third-order valence-electron chi connectivity index (χ3n) is 2.38. The molecule has 0 bridgehead atoms. The third-order valence-corrected chi connectivity index (χ3v) is 2.62. The Morgan fingerprint density at radius 3 is 2.83 bits per heavy atom. The number of carbonyl (C=O) groups is 1. The maximum atomic E-state index is 10.9. The Labute approximate surface area is 107 Å². The summed E-state index contributed by atoms with van der Waals surface area (Å²) >= 11 is 5.86. The second kappa shape index (κ2) is 4.47. The highest BCUT2D eigenvalue weighted by atomic mass is 35.5. The Balaban J connectivity index is 2.66. The van der Waals surface area contributed by atoms with Gasteiger partial charge in [0.05, 0.1) is 18.0 Å². The predicted molar refractivity (Wildman–Crippen MR) is 64.3 cm³/mol. The van der Waals surface area contributed by atoms with Crippen LogP contribution in [0.3, 0.4) is 0 Å². The quantitative estimate of drug-likeness (QED) is 0.844. The van der Waals surface area contributed by atoms with E-state index < -0.39 is 5.97 Å². The fourth-order valence-electron chi connectivity index (χ4n) is 1.52. The monoisotopic (exact) mass is 262 g/mol. The van der Waals surface area contributed by atoms with Gasteiger partial charge < -0.3 is 5.11 Å². The first-order valence-corrected chi connectivity index (χ1v) is 5.25. The molecule has 6 nitrogen and oxygen atoms in total. The molecule has 0 unspecified atom stereocenters. The van der Waals surface area contributed by atoms with Gasteiger partial charge in [-0.25, -0.2) is 14.3 Å². The molecule has 1 aromatic carbocycles. The normalized spacial score (nSPS) is 10.1. The highest BCUT2D eigenvalue weighted by Gasteiger charge is 2.17. The van der Waals surface area contributed by atoms with E-state index in [1.54, 1.807) is 25.1 Å². The standard InChI is InChI=1S/C11H7ClN4O2/c1-6-10(11(17)18)14-15-16(6)9-5-7(12)3-4-8(9)13-2/h3-5H,1H3,(H,17,18). The minimum Gasteiger partial charge on any atom is -0.476 e. The number of nitrogens with zero attached hydrogens (tertiary/aromatic N) is 4. The summed E-state index contributed by atoms with van der Waals surface area (Å²) in [5.74, 6) is -1.16. The lowest BCUT2D eigenvalue weighted by Gasteiger charge is -2.06. The van der Waals surface area contributed by atoms with E-state index in [0.29, 0.717) is 22.1 Å². The van der Waals surface area contributed by atoms with Crippen LogP contribution in [0.4, 0.5) is 5.69 Å². The fraction of sp³-hybridized carbons (Fsp3) is 0.0909. The van der Waals surface area contributed by atoms with Crippen LogP contribution in [0.15, 0.2) is 18.2 Å². The largest absolute Gasteiger partial charge is 0.476 e. The van der Waals surface area contributed by atoms with Crippen molar-refractivity contribution < 1.29 is 9.90 Å². The first-order chi connectivity index (χ1) is 8.54. The van der Waals surface area contributed by atoms with E-state index in [1.165, 1.54) is 4.68 Å². The molecule has 7 heteroatoms. The van der Waals surface area contributed by atoms with Gasteiger partial charge in [-0.2, -0.15) is 0 Å². The van der Waals surface area contributed by atoms with E-state index in [4.69, 9.17) is 23.3 Å².